The fourth-order valence-corrected chi connectivity index (χ4v) is 0.705. The van der Waals surface area contributed by atoms with Gasteiger partial charge in [-0.05, 0) is 6.42 Å². The highest BCUT2D eigenvalue weighted by Crippen LogP contribution is 1.88. The van der Waals surface area contributed by atoms with Crippen molar-refractivity contribution in [2.75, 3.05) is 6.54 Å². The van der Waals surface area contributed by atoms with Gasteiger partial charge in [0.15, 0.2) is 6.04 Å². The second-order valence-corrected chi connectivity index (χ2v) is 3.01. The Bertz CT molecular complexity index is 309. The van der Waals surface area contributed by atoms with Crippen LogP contribution in [0, 0.1) is 30.6 Å². The number of nitrogens with two attached hydrogens (primary N) is 2. The highest BCUT2D eigenvalue weighted by atomic mass is 16.9. The summed E-state index contributed by atoms with van der Waals surface area (Å²) in [5, 5.41) is 38.0. The predicted molar refractivity (Wildman–Crippen MR) is 63.5 cm³/mol. The molecule has 0 fully saturated rings. The summed E-state index contributed by atoms with van der Waals surface area (Å²) < 4.78 is 0. The van der Waals surface area contributed by atoms with Crippen molar-refractivity contribution in [3.8, 4) is 0 Å². The Kier molecular flexibility index (Phi) is 15.8. The van der Waals surface area contributed by atoms with E-state index >= 15 is 0 Å². The van der Waals surface area contributed by atoms with Gasteiger partial charge >= 0.3 is 11.9 Å². The molecule has 20 heavy (non-hydrogen) atoms. The molecule has 0 radical (unpaired) electrons. The van der Waals surface area contributed by atoms with Gasteiger partial charge in [0.1, 0.15) is 0 Å². The summed E-state index contributed by atoms with van der Waals surface area (Å²) >= 11 is 0. The van der Waals surface area contributed by atoms with Gasteiger partial charge in [0.05, 0.1) is 16.7 Å². The van der Waals surface area contributed by atoms with Gasteiger partial charge in [-0.15, -0.1) is 0 Å². The van der Waals surface area contributed by atoms with Gasteiger partial charge in [-0.25, -0.2) is 4.79 Å². The minimum absolute atomic E-state index is 0.158. The summed E-state index contributed by atoms with van der Waals surface area (Å²) in [5.41, 5.74) is 13.7. The minimum atomic E-state index is -1.75. The van der Waals surface area contributed by atoms with Crippen molar-refractivity contribution in [1.29, 1.82) is 0 Å². The molecule has 14 nitrogen and oxygen atoms in total. The second-order valence-electron chi connectivity index (χ2n) is 3.01. The molecule has 0 saturated heterocycles. The minimum Gasteiger partial charge on any atom is -0.477 e. The van der Waals surface area contributed by atoms with E-state index in [2.05, 4.69) is 10.7 Å². The smallest absolute Gasteiger partial charge is 0.362 e. The Morgan fingerprint density at radius 3 is 1.80 bits per heavy atom. The predicted octanol–water partition coefficient (Wildman–Crippen LogP) is -4.66. The van der Waals surface area contributed by atoms with Crippen LogP contribution in [0.15, 0.2) is 0 Å². The lowest BCUT2D eigenvalue weighted by Gasteiger charge is -1.99. The Balaban J connectivity index is -0.000000297. The maximum absolute atomic E-state index is 10.3. The molecule has 0 aromatic carbocycles. The monoisotopic (exact) mass is 300 g/mol. The summed E-state index contributed by atoms with van der Waals surface area (Å²) in [7, 11) is 0. The van der Waals surface area contributed by atoms with Crippen molar-refractivity contribution in [2.24, 2.45) is 11.5 Å². The van der Waals surface area contributed by atoms with Gasteiger partial charge in [0.2, 0.25) is 0 Å². The number of nitrogens with one attached hydrogen (secondary N) is 1. The third-order valence-corrected chi connectivity index (χ3v) is 1.41. The number of aliphatic carboxylic acids is 1. The third kappa shape index (κ3) is 45.8. The van der Waals surface area contributed by atoms with Gasteiger partial charge < -0.3 is 41.5 Å². The van der Waals surface area contributed by atoms with Crippen LogP contribution in [0.1, 0.15) is 12.8 Å². The second kappa shape index (κ2) is 14.2. The van der Waals surface area contributed by atoms with Crippen LogP contribution in [0.5, 0.6) is 0 Å². The summed E-state index contributed by atoms with van der Waals surface area (Å²) in [5.74, 6) is -0.717. The lowest BCUT2D eigenvalue weighted by molar-refractivity contribution is -0.463. The number of quaternary nitrogens is 1. The Labute approximate surface area is 111 Å². The van der Waals surface area contributed by atoms with E-state index < -0.39 is 22.2 Å². The van der Waals surface area contributed by atoms with Crippen LogP contribution in [0.2, 0.25) is 0 Å². The number of hydrogen-bond donors (Lipinski definition) is 5. The van der Waals surface area contributed by atoms with Gasteiger partial charge in [-0.2, -0.15) is 0 Å². The quantitative estimate of drug-likeness (QED) is 0.106. The summed E-state index contributed by atoms with van der Waals surface area (Å²) in [6.07, 6.45) is 1.22. The topological polar surface area (TPSA) is 263 Å². The maximum atomic E-state index is 10.3. The molecule has 9 N–H and O–H groups in total. The molecule has 14 heteroatoms. The van der Waals surface area contributed by atoms with Crippen molar-refractivity contribution in [2.45, 2.75) is 18.9 Å². The third-order valence-electron chi connectivity index (χ3n) is 1.41. The van der Waals surface area contributed by atoms with Crippen LogP contribution in [-0.4, -0.2) is 39.8 Å². The zero-order valence-corrected chi connectivity index (χ0v) is 10.3. The van der Waals surface area contributed by atoms with Crippen LogP contribution in [0.4, 0.5) is 0 Å². The number of hydrogen-bond acceptors (Lipinski definition) is 7. The number of carboxylic acids is 1. The molecule has 0 aromatic rings. The molecule has 118 valence electrons. The first kappa shape index (κ1) is 22.3. The van der Waals surface area contributed by atoms with Crippen molar-refractivity contribution < 1.29 is 30.8 Å². The highest BCUT2D eigenvalue weighted by molar-refractivity contribution is 5.71. The zero-order valence-electron chi connectivity index (χ0n) is 10.3. The number of carbonyl (C=O) groups is 1. The highest BCUT2D eigenvalue weighted by Gasteiger charge is 2.13. The summed E-state index contributed by atoms with van der Waals surface area (Å²) in [4.78, 5) is 29.5. The SMILES string of the molecule is NC(N)=[NH+]CCC[C@H]([NH3+])C(=O)O.O=[N+]([O-])[O-].O=[N+]([O-])[O-]. The van der Waals surface area contributed by atoms with Crippen molar-refractivity contribution in [3.63, 3.8) is 0 Å². The molecule has 0 bridgehead atoms. The molecule has 0 unspecified atom stereocenters. The van der Waals surface area contributed by atoms with Gasteiger partial charge in [0.25, 0.3) is 0 Å². The molecule has 0 aromatic heterocycles. The number of rotatable bonds is 5. The van der Waals surface area contributed by atoms with Crippen molar-refractivity contribution >= 4 is 11.9 Å². The first-order chi connectivity index (χ1) is 9.00. The summed E-state index contributed by atoms with van der Waals surface area (Å²) in [6.45, 7) is 0.585. The molecular weight excluding hydrogens is 284 g/mol. The van der Waals surface area contributed by atoms with E-state index in [-0.39, 0.29) is 5.96 Å². The largest absolute Gasteiger partial charge is 0.477 e. The molecule has 0 rings (SSSR count). The van der Waals surface area contributed by atoms with E-state index in [1.807, 2.05) is 0 Å². The van der Waals surface area contributed by atoms with Crippen LogP contribution in [0.3, 0.4) is 0 Å². The van der Waals surface area contributed by atoms with E-state index in [0.717, 1.165) is 0 Å². The van der Waals surface area contributed by atoms with Gasteiger partial charge in [0, 0.05) is 6.42 Å². The van der Waals surface area contributed by atoms with E-state index in [1.165, 1.54) is 0 Å². The fourth-order valence-electron chi connectivity index (χ4n) is 0.705. The molecule has 0 amide bonds. The van der Waals surface area contributed by atoms with E-state index in [4.69, 9.17) is 47.2 Å². The molecule has 0 aliphatic carbocycles. The lowest BCUT2D eigenvalue weighted by Crippen LogP contribution is -2.78. The maximum Gasteiger partial charge on any atom is 0.362 e. The fraction of sp³-hybridized carbons (Fsp3) is 0.667. The molecule has 0 heterocycles. The normalized spacial score (nSPS) is 9.65. The zero-order chi connectivity index (χ0) is 16.7. The van der Waals surface area contributed by atoms with Crippen LogP contribution >= 0.6 is 0 Å². The van der Waals surface area contributed by atoms with Gasteiger partial charge in [-0.3, -0.25) is 16.5 Å². The molecular formula is C6H16N6O8. The van der Waals surface area contributed by atoms with Crippen molar-refractivity contribution in [1.82, 2.24) is 0 Å². The standard InChI is InChI=1S/C6H14N4O2.2NO3/c7-4(5(11)12)2-1-3-10-6(8)9;2*2-1(3)4/h4H,1-3,7H2,(H,11,12)(H4,8,9,10);;/q;2*-1/p+2/t4-;;/m0../s1. The van der Waals surface area contributed by atoms with E-state index in [1.54, 1.807) is 0 Å². The van der Waals surface area contributed by atoms with Crippen LogP contribution in [-0.2, 0) is 4.79 Å². The molecule has 0 spiro atoms. The van der Waals surface area contributed by atoms with E-state index in [0.29, 0.717) is 19.4 Å². The van der Waals surface area contributed by atoms with Crippen LogP contribution in [0.25, 0.3) is 0 Å². The Morgan fingerprint density at radius 2 is 1.55 bits per heavy atom. The first-order valence-corrected chi connectivity index (χ1v) is 4.81. The number of carboxylic acid groups (broad SMARTS) is 1. The lowest BCUT2D eigenvalue weighted by atomic mass is 10.2. The van der Waals surface area contributed by atoms with Crippen LogP contribution < -0.4 is 22.2 Å². The average Bonchev–Trinajstić information content (AvgIpc) is 2.21. The first-order valence-electron chi connectivity index (χ1n) is 4.81. The summed E-state index contributed by atoms with van der Waals surface area (Å²) in [6, 6.07) is -0.550. The molecule has 0 aliphatic heterocycles. The Hall–Kier alpha value is -2.90. The number of nitrogens with zero attached hydrogens (tertiary/aromatic N) is 2. The molecule has 0 saturated carbocycles. The number of guanidine groups is 1. The molecule has 1 atom stereocenters. The van der Waals surface area contributed by atoms with E-state index in [9.17, 15) is 4.79 Å². The van der Waals surface area contributed by atoms with Crippen molar-refractivity contribution in [3.05, 3.63) is 30.6 Å². The molecule has 0 aliphatic rings. The Morgan fingerprint density at radius 1 is 1.20 bits per heavy atom. The average molecular weight is 300 g/mol. The van der Waals surface area contributed by atoms with Gasteiger partial charge in [-0.1, -0.05) is 0 Å².